The minimum Gasteiger partial charge on any atom is -0.406 e. The van der Waals surface area contributed by atoms with Gasteiger partial charge >= 0.3 is 0 Å². The summed E-state index contributed by atoms with van der Waals surface area (Å²) in [5.41, 5.74) is 8.72. The van der Waals surface area contributed by atoms with Crippen molar-refractivity contribution >= 4 is 39.6 Å². The number of rotatable bonds is 1. The van der Waals surface area contributed by atoms with Gasteiger partial charge < -0.3 is 5.73 Å². The second-order valence-corrected chi connectivity index (χ2v) is 42.2. The molecular weight excluding hydrogens is 882 g/mol. The van der Waals surface area contributed by atoms with E-state index in [0.29, 0.717) is 52.7 Å². The van der Waals surface area contributed by atoms with Gasteiger partial charge in [0.1, 0.15) is 0 Å². The minimum atomic E-state index is -3.67. The van der Waals surface area contributed by atoms with Gasteiger partial charge in [0.05, 0.1) is 52.7 Å². The molecule has 0 saturated heterocycles. The van der Waals surface area contributed by atoms with Crippen molar-refractivity contribution in [2.75, 3.05) is 12.0 Å². The molecule has 3 N–H and O–H groups in total. The zero-order valence-corrected chi connectivity index (χ0v) is 48.6. The summed E-state index contributed by atoms with van der Waals surface area (Å²) in [6.45, 7) is 64.8. The predicted octanol–water partition coefficient (Wildman–Crippen LogP) is 16.0. The summed E-state index contributed by atoms with van der Waals surface area (Å²) in [5, 5.41) is 4.39. The van der Waals surface area contributed by atoms with Gasteiger partial charge in [-0.2, -0.15) is 8.42 Å². The summed E-state index contributed by atoms with van der Waals surface area (Å²) in [5.74, 6) is 0. The molecule has 2 rings (SSSR count). The quantitative estimate of drug-likeness (QED) is 0.0981. The van der Waals surface area contributed by atoms with Crippen LogP contribution in [0.3, 0.4) is 0 Å². The molecule has 0 fully saturated rings. The van der Waals surface area contributed by atoms with E-state index in [4.69, 9.17) is 10.3 Å². The van der Waals surface area contributed by atoms with Gasteiger partial charge in [0.2, 0.25) is 0 Å². The SMILES string of the molecule is CC(C)(C)[PH+](C(C)(C)C)C(C)(C)C.CC(C)(C)[PH+](C(C)(C)C)C(C)(C)C.CC(C)(C)[PH+](C(C)(C)C)C(C)(C)C.CS(=O)(=O)O.Nc1ccccc1-c1[c-]cccc1.[Pd]. The zero-order valence-electron chi connectivity index (χ0n) is 43.2. The van der Waals surface area contributed by atoms with Crippen molar-refractivity contribution in [3.63, 3.8) is 0 Å². The molecule has 0 bridgehead atoms. The fourth-order valence-corrected chi connectivity index (χ4v) is 31.7. The average molecular weight is 981 g/mol. The Balaban J connectivity index is -0.000000320. The van der Waals surface area contributed by atoms with Gasteiger partial charge in [-0.05, 0) is 199 Å². The largest absolute Gasteiger partial charge is 0.406 e. The monoisotopic (exact) mass is 980 g/mol. The first kappa shape index (κ1) is 64.7. The smallest absolute Gasteiger partial charge is 0.261 e. The van der Waals surface area contributed by atoms with Crippen LogP contribution in [0.25, 0.3) is 11.1 Å². The molecule has 0 aliphatic rings. The van der Waals surface area contributed by atoms with E-state index in [2.05, 4.69) is 193 Å². The second kappa shape index (κ2) is 23.7. The van der Waals surface area contributed by atoms with Crippen molar-refractivity contribution in [1.29, 1.82) is 0 Å². The molecule has 2 aromatic rings. The molecule has 58 heavy (non-hydrogen) atoms. The first-order valence-corrected chi connectivity index (χ1v) is 27.2. The van der Waals surface area contributed by atoms with Crippen LogP contribution in [0.1, 0.15) is 187 Å². The third-order valence-electron chi connectivity index (χ3n) is 8.71. The molecule has 4 nitrogen and oxygen atoms in total. The number of nitrogens with two attached hydrogens (primary N) is 1. The van der Waals surface area contributed by atoms with E-state index in [1.165, 1.54) is 0 Å². The van der Waals surface area contributed by atoms with Crippen molar-refractivity contribution in [2.24, 2.45) is 0 Å². The van der Waals surface area contributed by atoms with Crippen LogP contribution in [0.5, 0.6) is 0 Å². The van der Waals surface area contributed by atoms with E-state index in [0.717, 1.165) is 16.8 Å². The fourth-order valence-electron chi connectivity index (χ4n) is 11.4. The number of hydrogen-bond donors (Lipinski definition) is 2. The summed E-state index contributed by atoms with van der Waals surface area (Å²) in [7, 11) is -4.84. The molecule has 0 aliphatic carbocycles. The molecule has 0 heterocycles. The number of anilines is 1. The molecule has 9 heteroatoms. The number of nitrogen functional groups attached to an aromatic ring is 1. The Kier molecular flexibility index (Phi) is 26.4. The van der Waals surface area contributed by atoms with E-state index in [9.17, 15) is 8.42 Å². The predicted molar refractivity (Wildman–Crippen MR) is 275 cm³/mol. The Morgan fingerprint density at radius 2 is 0.655 bits per heavy atom. The number of para-hydroxylation sites is 1. The summed E-state index contributed by atoms with van der Waals surface area (Å²) in [4.78, 5) is 0. The summed E-state index contributed by atoms with van der Waals surface area (Å²) >= 11 is 0. The molecule has 0 aromatic heterocycles. The second-order valence-electron chi connectivity index (χ2n) is 25.0. The fraction of sp³-hybridized carbons (Fsp3) is 0.755. The van der Waals surface area contributed by atoms with Gasteiger partial charge in [0.25, 0.3) is 10.1 Å². The van der Waals surface area contributed by atoms with Crippen LogP contribution in [-0.4, -0.2) is 65.6 Å². The maximum absolute atomic E-state index is 9.19. The maximum atomic E-state index is 9.19. The Hall–Kier alpha value is 0.102. The summed E-state index contributed by atoms with van der Waals surface area (Å²) in [6, 6.07) is 18.8. The van der Waals surface area contributed by atoms with Crippen LogP contribution in [0.15, 0.2) is 48.5 Å². The first-order valence-electron chi connectivity index (χ1n) is 20.9. The third kappa shape index (κ3) is 28.7. The van der Waals surface area contributed by atoms with Crippen molar-refractivity contribution in [1.82, 2.24) is 0 Å². The van der Waals surface area contributed by atoms with Crippen LogP contribution < -0.4 is 5.73 Å². The van der Waals surface area contributed by atoms with Crippen LogP contribution in [0, 0.1) is 6.07 Å². The standard InChI is InChI=1S/C12H10N.3C12H27P.CH4O3S.Pd/c13-12-9-5-4-8-11(12)10-6-2-1-3-7-10;3*1-10(2,3)13(11(4,5)6)12(7,8)9;1-5(2,3)4;/h1-6,8-9H,13H2;3*1-9H3;1H3,(H,2,3,4);/q-1;;;;;/p+3. The van der Waals surface area contributed by atoms with Crippen molar-refractivity contribution in [2.45, 2.75) is 233 Å². The van der Waals surface area contributed by atoms with Gasteiger partial charge in [0.15, 0.2) is 0 Å². The van der Waals surface area contributed by atoms with Crippen molar-refractivity contribution < 1.29 is 33.4 Å². The third-order valence-corrected chi connectivity index (χ3v) is 22.2. The van der Waals surface area contributed by atoms with Crippen LogP contribution in [0.2, 0.25) is 0 Å². The molecular formula is C49H98NO3P3PdS+2. The number of hydrogen-bond acceptors (Lipinski definition) is 3. The van der Waals surface area contributed by atoms with Crippen LogP contribution >= 0.6 is 23.8 Å². The Bertz CT molecular complexity index is 1320. The molecule has 346 valence electrons. The molecule has 0 amide bonds. The number of benzene rings is 2. The van der Waals surface area contributed by atoms with Crippen molar-refractivity contribution in [3.05, 3.63) is 54.6 Å². The minimum absolute atomic E-state index is 0. The summed E-state index contributed by atoms with van der Waals surface area (Å²) < 4.78 is 25.9. The molecule has 0 atom stereocenters. The molecule has 0 aliphatic heterocycles. The topological polar surface area (TPSA) is 80.4 Å². The van der Waals surface area contributed by atoms with E-state index >= 15 is 0 Å². The van der Waals surface area contributed by atoms with E-state index < -0.39 is 33.9 Å². The maximum Gasteiger partial charge on any atom is 0.261 e. The van der Waals surface area contributed by atoms with Gasteiger partial charge in [0, 0.05) is 44.2 Å². The molecule has 0 saturated carbocycles. The van der Waals surface area contributed by atoms with Gasteiger partial charge in [-0.1, -0.05) is 23.8 Å². The Labute approximate surface area is 381 Å². The molecule has 2 aromatic carbocycles. The van der Waals surface area contributed by atoms with Crippen LogP contribution in [-0.2, 0) is 30.5 Å². The molecule has 0 spiro atoms. The van der Waals surface area contributed by atoms with E-state index in [1.807, 2.05) is 48.5 Å². The average Bonchev–Trinajstić information content (AvgIpc) is 2.81. The Morgan fingerprint density at radius 3 is 0.810 bits per heavy atom. The van der Waals surface area contributed by atoms with Gasteiger partial charge in [-0.3, -0.25) is 4.55 Å². The molecule has 0 radical (unpaired) electrons. The van der Waals surface area contributed by atoms with E-state index in [-0.39, 0.29) is 20.4 Å². The normalized spacial score (nSPS) is 13.4. The Morgan fingerprint density at radius 1 is 0.448 bits per heavy atom. The van der Waals surface area contributed by atoms with Crippen LogP contribution in [0.4, 0.5) is 5.69 Å². The summed E-state index contributed by atoms with van der Waals surface area (Å²) in [6.07, 6.45) is 0.715. The first-order chi connectivity index (χ1) is 24.5. The van der Waals surface area contributed by atoms with Gasteiger partial charge in [-0.15, -0.1) is 35.9 Å². The van der Waals surface area contributed by atoms with E-state index in [1.54, 1.807) is 0 Å². The van der Waals surface area contributed by atoms with Crippen molar-refractivity contribution in [3.8, 4) is 11.1 Å². The van der Waals surface area contributed by atoms with Gasteiger partial charge in [-0.25, -0.2) is 0 Å². The molecule has 0 unspecified atom stereocenters. The zero-order chi connectivity index (χ0) is 46.8.